The fourth-order valence-corrected chi connectivity index (χ4v) is 3.80. The third kappa shape index (κ3) is 4.35. The van der Waals surface area contributed by atoms with Crippen LogP contribution in [0.15, 0.2) is 66.4 Å². The van der Waals surface area contributed by atoms with Gasteiger partial charge in [0.05, 0.1) is 28.0 Å². The third-order valence-electron chi connectivity index (χ3n) is 4.42. The molecule has 12 heteroatoms. The van der Waals surface area contributed by atoms with Crippen molar-refractivity contribution in [2.75, 3.05) is 9.91 Å². The largest absolute Gasteiger partial charge is 0.416 e. The minimum atomic E-state index is -4.73. The maximum atomic E-state index is 14.4. The van der Waals surface area contributed by atoms with Crippen LogP contribution in [0.4, 0.5) is 39.4 Å². The molecular formula is C20H14ClF4N5OS. The highest BCUT2D eigenvalue weighted by Gasteiger charge is 2.33. The summed E-state index contributed by atoms with van der Waals surface area (Å²) in [5.74, 6) is 4.77. The Morgan fingerprint density at radius 3 is 2.47 bits per heavy atom. The maximum Gasteiger partial charge on any atom is 0.416 e. The van der Waals surface area contributed by atoms with Crippen molar-refractivity contribution in [3.63, 3.8) is 0 Å². The van der Waals surface area contributed by atoms with E-state index in [2.05, 4.69) is 9.97 Å². The number of thiophene rings is 1. The number of para-hydroxylation sites is 1. The highest BCUT2D eigenvalue weighted by molar-refractivity contribution is 7.17. The summed E-state index contributed by atoms with van der Waals surface area (Å²) in [6.45, 7) is 0. The molecule has 2 N–H and O–H groups in total. The van der Waals surface area contributed by atoms with Gasteiger partial charge in [-0.3, -0.25) is 4.90 Å². The van der Waals surface area contributed by atoms with Gasteiger partial charge in [-0.1, -0.05) is 18.2 Å². The summed E-state index contributed by atoms with van der Waals surface area (Å²) in [7, 11) is 0. The van der Waals surface area contributed by atoms with Crippen LogP contribution in [0.3, 0.4) is 0 Å². The SMILES string of the molecule is Cl.NN(C(=O)N(c1ccccc1)c1csc2ncncc12)c1cc(C(F)(F)F)ccc1F. The highest BCUT2D eigenvalue weighted by atomic mass is 35.5. The van der Waals surface area contributed by atoms with Gasteiger partial charge in [-0.15, -0.1) is 23.7 Å². The molecule has 0 saturated carbocycles. The van der Waals surface area contributed by atoms with Gasteiger partial charge < -0.3 is 0 Å². The van der Waals surface area contributed by atoms with Crippen molar-refractivity contribution < 1.29 is 22.4 Å². The number of carbonyl (C=O) groups is 1. The van der Waals surface area contributed by atoms with E-state index in [1.54, 1.807) is 35.7 Å². The topological polar surface area (TPSA) is 75.3 Å². The van der Waals surface area contributed by atoms with Crippen molar-refractivity contribution in [3.8, 4) is 0 Å². The van der Waals surface area contributed by atoms with Gasteiger partial charge in [-0.2, -0.15) is 13.2 Å². The summed E-state index contributed by atoms with van der Waals surface area (Å²) in [4.78, 5) is 23.2. The highest BCUT2D eigenvalue weighted by Crippen LogP contribution is 2.37. The molecule has 2 aromatic heterocycles. The van der Waals surface area contributed by atoms with E-state index < -0.39 is 29.3 Å². The second-order valence-corrected chi connectivity index (χ2v) is 7.21. The number of nitrogens with two attached hydrogens (primary N) is 1. The van der Waals surface area contributed by atoms with E-state index in [4.69, 9.17) is 5.84 Å². The Morgan fingerprint density at radius 1 is 1.06 bits per heavy atom. The molecule has 0 aliphatic rings. The number of anilines is 3. The molecule has 6 nitrogen and oxygen atoms in total. The zero-order valence-electron chi connectivity index (χ0n) is 16.0. The second-order valence-electron chi connectivity index (χ2n) is 6.35. The van der Waals surface area contributed by atoms with Crippen LogP contribution < -0.4 is 15.8 Å². The van der Waals surface area contributed by atoms with Gasteiger partial charge in [0, 0.05) is 11.6 Å². The third-order valence-corrected chi connectivity index (χ3v) is 5.31. The fourth-order valence-electron chi connectivity index (χ4n) is 2.95. The number of fused-ring (bicyclic) bond motifs is 1. The molecule has 0 aliphatic heterocycles. The lowest BCUT2D eigenvalue weighted by atomic mass is 10.2. The van der Waals surface area contributed by atoms with Crippen LogP contribution in [0.1, 0.15) is 5.56 Å². The number of nitrogens with zero attached hydrogens (tertiary/aromatic N) is 4. The van der Waals surface area contributed by atoms with Crippen molar-refractivity contribution in [1.29, 1.82) is 0 Å². The Balaban J connectivity index is 0.00000289. The van der Waals surface area contributed by atoms with E-state index in [-0.39, 0.29) is 12.4 Å². The first-order valence-electron chi connectivity index (χ1n) is 8.75. The summed E-state index contributed by atoms with van der Waals surface area (Å²) in [5, 5.41) is 2.52. The number of alkyl halides is 3. The molecule has 2 amide bonds. The Kier molecular flexibility index (Phi) is 6.63. The number of hydrogen-bond donors (Lipinski definition) is 1. The molecule has 166 valence electrons. The molecule has 0 radical (unpaired) electrons. The Bertz CT molecular complexity index is 1250. The number of aromatic nitrogens is 2. The van der Waals surface area contributed by atoms with Crippen molar-refractivity contribution in [1.82, 2.24) is 9.97 Å². The number of rotatable bonds is 3. The molecule has 0 fully saturated rings. The van der Waals surface area contributed by atoms with E-state index in [9.17, 15) is 22.4 Å². The van der Waals surface area contributed by atoms with E-state index >= 15 is 0 Å². The standard InChI is InChI=1S/C20H13F4N5OS.ClH/c21-15-7-6-12(20(22,23)24)8-16(15)29(25)19(30)28(13-4-2-1-3-5-13)17-10-31-18-14(17)9-26-11-27-18;/h1-11H,25H2;1H. The zero-order chi connectivity index (χ0) is 22.2. The minimum absolute atomic E-state index is 0. The van der Waals surface area contributed by atoms with E-state index in [1.807, 2.05) is 0 Å². The Hall–Kier alpha value is -3.28. The number of hydrazine groups is 1. The van der Waals surface area contributed by atoms with Crippen molar-refractivity contribution in [3.05, 3.63) is 77.8 Å². The van der Waals surface area contributed by atoms with Crippen molar-refractivity contribution in [2.24, 2.45) is 5.84 Å². The molecule has 0 spiro atoms. The second kappa shape index (κ2) is 9.07. The van der Waals surface area contributed by atoms with E-state index in [1.165, 1.54) is 28.8 Å². The molecule has 0 aliphatic carbocycles. The Morgan fingerprint density at radius 2 is 1.78 bits per heavy atom. The van der Waals surface area contributed by atoms with Gasteiger partial charge in [-0.05, 0) is 30.3 Å². The van der Waals surface area contributed by atoms with Crippen LogP contribution in [0.5, 0.6) is 0 Å². The van der Waals surface area contributed by atoms with E-state index in [0.29, 0.717) is 44.8 Å². The molecule has 0 saturated heterocycles. The van der Waals surface area contributed by atoms with Crippen molar-refractivity contribution >= 4 is 57.1 Å². The molecule has 4 aromatic rings. The summed E-state index contributed by atoms with van der Waals surface area (Å²) in [5.41, 5.74) is -1.11. The molecule has 32 heavy (non-hydrogen) atoms. The lowest BCUT2D eigenvalue weighted by Gasteiger charge is -2.28. The first-order valence-corrected chi connectivity index (χ1v) is 9.63. The van der Waals surface area contributed by atoms with Gasteiger partial charge in [0.1, 0.15) is 17.0 Å². The first-order chi connectivity index (χ1) is 14.8. The van der Waals surface area contributed by atoms with Gasteiger partial charge in [0.15, 0.2) is 0 Å². The van der Waals surface area contributed by atoms with Crippen molar-refractivity contribution in [2.45, 2.75) is 6.18 Å². The number of benzene rings is 2. The van der Waals surface area contributed by atoms with E-state index in [0.717, 1.165) is 0 Å². The Labute approximate surface area is 189 Å². The van der Waals surface area contributed by atoms with Gasteiger partial charge in [-0.25, -0.2) is 30.0 Å². The molecule has 0 atom stereocenters. The zero-order valence-corrected chi connectivity index (χ0v) is 17.6. The summed E-state index contributed by atoms with van der Waals surface area (Å²) < 4.78 is 53.6. The van der Waals surface area contributed by atoms with Crippen LogP contribution in [-0.4, -0.2) is 16.0 Å². The first kappa shape index (κ1) is 23.4. The normalized spacial score (nSPS) is 11.2. The summed E-state index contributed by atoms with van der Waals surface area (Å²) >= 11 is 1.24. The molecule has 2 heterocycles. The number of halogens is 5. The lowest BCUT2D eigenvalue weighted by Crippen LogP contribution is -2.46. The minimum Gasteiger partial charge on any atom is -0.260 e. The van der Waals surface area contributed by atoms with Crippen LogP contribution in [0, 0.1) is 5.82 Å². The summed E-state index contributed by atoms with van der Waals surface area (Å²) in [6, 6.07) is 9.02. The predicted molar refractivity (Wildman–Crippen MR) is 117 cm³/mol. The number of amides is 2. The fraction of sp³-hybridized carbons (Fsp3) is 0.0500. The molecule has 4 rings (SSSR count). The molecule has 2 aromatic carbocycles. The lowest BCUT2D eigenvalue weighted by molar-refractivity contribution is -0.137. The monoisotopic (exact) mass is 483 g/mol. The number of hydrogen-bond acceptors (Lipinski definition) is 5. The van der Waals surface area contributed by atoms with Gasteiger partial charge >= 0.3 is 12.2 Å². The van der Waals surface area contributed by atoms with Gasteiger partial charge in [0.25, 0.3) is 0 Å². The summed E-state index contributed by atoms with van der Waals surface area (Å²) in [6.07, 6.45) is -1.88. The van der Waals surface area contributed by atoms with Crippen LogP contribution in [0.25, 0.3) is 10.2 Å². The van der Waals surface area contributed by atoms with Crippen LogP contribution in [0.2, 0.25) is 0 Å². The van der Waals surface area contributed by atoms with Crippen LogP contribution in [-0.2, 0) is 6.18 Å². The average Bonchev–Trinajstić information content (AvgIpc) is 3.17. The number of carbonyl (C=O) groups excluding carboxylic acids is 1. The molecular weight excluding hydrogens is 470 g/mol. The maximum absolute atomic E-state index is 14.4. The average molecular weight is 484 g/mol. The van der Waals surface area contributed by atoms with Gasteiger partial charge in [0.2, 0.25) is 0 Å². The smallest absolute Gasteiger partial charge is 0.260 e. The molecule has 0 bridgehead atoms. The predicted octanol–water partition coefficient (Wildman–Crippen LogP) is 5.91. The van der Waals surface area contributed by atoms with Crippen LogP contribution >= 0.6 is 23.7 Å². The quantitative estimate of drug-likeness (QED) is 0.170. The number of urea groups is 1. The molecule has 0 unspecified atom stereocenters.